The minimum absolute atomic E-state index is 0.681. The highest BCUT2D eigenvalue weighted by atomic mass is 79.9. The molecule has 0 aliphatic rings. The molecule has 1 heterocycles. The van der Waals surface area contributed by atoms with E-state index in [0.29, 0.717) is 5.82 Å². The van der Waals surface area contributed by atoms with Crippen LogP contribution in [0.15, 0.2) is 35.1 Å². The van der Waals surface area contributed by atoms with Gasteiger partial charge in [-0.05, 0) is 34.5 Å². The first-order valence-electron chi connectivity index (χ1n) is 6.39. The van der Waals surface area contributed by atoms with Crippen molar-refractivity contribution >= 4 is 33.3 Å². The van der Waals surface area contributed by atoms with Gasteiger partial charge in [-0.2, -0.15) is 0 Å². The van der Waals surface area contributed by atoms with Crippen molar-refractivity contribution in [3.8, 4) is 5.75 Å². The van der Waals surface area contributed by atoms with Gasteiger partial charge in [0, 0.05) is 17.1 Å². The van der Waals surface area contributed by atoms with Crippen molar-refractivity contribution < 1.29 is 4.74 Å². The monoisotopic (exact) mass is 336 g/mol. The number of nitrogens with zero attached hydrogens (tertiary/aromatic N) is 2. The van der Waals surface area contributed by atoms with Crippen LogP contribution in [0, 0.1) is 0 Å². The number of ether oxygens (including phenoxy) is 1. The predicted octanol–water partition coefficient (Wildman–Crippen LogP) is 3.81. The van der Waals surface area contributed by atoms with Crippen molar-refractivity contribution in [1.82, 2.24) is 9.97 Å². The third kappa shape index (κ3) is 3.84. The molecule has 2 N–H and O–H groups in total. The summed E-state index contributed by atoms with van der Waals surface area (Å²) in [6, 6.07) is 5.71. The summed E-state index contributed by atoms with van der Waals surface area (Å²) in [6.45, 7) is 2.98. The summed E-state index contributed by atoms with van der Waals surface area (Å²) >= 11 is 3.50. The molecule has 6 heteroatoms. The highest BCUT2D eigenvalue weighted by molar-refractivity contribution is 9.10. The fourth-order valence-electron chi connectivity index (χ4n) is 1.63. The van der Waals surface area contributed by atoms with Crippen molar-refractivity contribution in [2.75, 3.05) is 24.3 Å². The molecule has 0 radical (unpaired) electrons. The number of halogens is 1. The minimum atomic E-state index is 0.681. The first-order valence-corrected chi connectivity index (χ1v) is 7.18. The maximum atomic E-state index is 5.22. The van der Waals surface area contributed by atoms with E-state index >= 15 is 0 Å². The number of anilines is 3. The second kappa shape index (κ2) is 7.09. The van der Waals surface area contributed by atoms with Gasteiger partial charge in [-0.25, -0.2) is 4.98 Å². The molecular formula is C14H17BrN4O. The summed E-state index contributed by atoms with van der Waals surface area (Å²) in [4.78, 5) is 8.63. The van der Waals surface area contributed by atoms with E-state index in [1.807, 2.05) is 18.2 Å². The van der Waals surface area contributed by atoms with Gasteiger partial charge in [-0.3, -0.25) is 4.98 Å². The Balaban J connectivity index is 2.17. The topological polar surface area (TPSA) is 59.1 Å². The molecule has 0 unspecified atom stereocenters. The van der Waals surface area contributed by atoms with E-state index in [2.05, 4.69) is 43.5 Å². The lowest BCUT2D eigenvalue weighted by Crippen LogP contribution is -2.04. The van der Waals surface area contributed by atoms with E-state index < -0.39 is 0 Å². The summed E-state index contributed by atoms with van der Waals surface area (Å²) in [6.07, 6.45) is 4.44. The maximum Gasteiger partial charge on any atom is 0.151 e. The molecular weight excluding hydrogens is 320 g/mol. The average Bonchev–Trinajstić information content (AvgIpc) is 2.48. The van der Waals surface area contributed by atoms with E-state index in [9.17, 15) is 0 Å². The Kier molecular flexibility index (Phi) is 5.17. The van der Waals surface area contributed by atoms with Gasteiger partial charge < -0.3 is 15.4 Å². The van der Waals surface area contributed by atoms with Crippen molar-refractivity contribution in [2.45, 2.75) is 13.3 Å². The first-order chi connectivity index (χ1) is 9.72. The molecule has 0 spiro atoms. The van der Waals surface area contributed by atoms with E-state index in [0.717, 1.165) is 34.7 Å². The van der Waals surface area contributed by atoms with Crippen LogP contribution in [0.25, 0.3) is 0 Å². The van der Waals surface area contributed by atoms with Crippen LogP contribution in [0.5, 0.6) is 5.75 Å². The Hall–Kier alpha value is -1.82. The molecule has 0 fully saturated rings. The van der Waals surface area contributed by atoms with Gasteiger partial charge in [-0.1, -0.05) is 6.92 Å². The summed E-state index contributed by atoms with van der Waals surface area (Å²) in [5, 5.41) is 6.43. The Morgan fingerprint density at radius 2 is 2.05 bits per heavy atom. The highest BCUT2D eigenvalue weighted by Crippen LogP contribution is 2.29. The molecule has 0 amide bonds. The minimum Gasteiger partial charge on any atom is -0.497 e. The van der Waals surface area contributed by atoms with Gasteiger partial charge in [0.05, 0.1) is 25.2 Å². The molecule has 0 saturated carbocycles. The van der Waals surface area contributed by atoms with E-state index in [4.69, 9.17) is 4.74 Å². The normalized spacial score (nSPS) is 10.2. The van der Waals surface area contributed by atoms with Gasteiger partial charge in [0.1, 0.15) is 11.6 Å². The summed E-state index contributed by atoms with van der Waals surface area (Å²) in [7, 11) is 1.64. The lowest BCUT2D eigenvalue weighted by molar-refractivity contribution is 0.415. The number of methoxy groups -OCH3 is 1. The smallest absolute Gasteiger partial charge is 0.151 e. The molecule has 2 aromatic rings. The summed E-state index contributed by atoms with van der Waals surface area (Å²) in [5.41, 5.74) is 0.881. The van der Waals surface area contributed by atoms with Crippen molar-refractivity contribution in [3.63, 3.8) is 0 Å². The zero-order valence-electron chi connectivity index (χ0n) is 11.5. The number of hydrogen-bond donors (Lipinski definition) is 2. The van der Waals surface area contributed by atoms with Crippen molar-refractivity contribution in [3.05, 3.63) is 35.1 Å². The van der Waals surface area contributed by atoms with Crippen LogP contribution in [0.3, 0.4) is 0 Å². The van der Waals surface area contributed by atoms with Crippen LogP contribution >= 0.6 is 15.9 Å². The molecule has 0 atom stereocenters. The molecule has 1 aromatic carbocycles. The van der Waals surface area contributed by atoms with E-state index in [1.165, 1.54) is 0 Å². The number of rotatable bonds is 6. The number of aromatic nitrogens is 2. The van der Waals surface area contributed by atoms with Gasteiger partial charge in [0.25, 0.3) is 0 Å². The van der Waals surface area contributed by atoms with Crippen LogP contribution in [-0.2, 0) is 0 Å². The fraction of sp³-hybridized carbons (Fsp3) is 0.286. The first kappa shape index (κ1) is 14.6. The molecule has 5 nitrogen and oxygen atoms in total. The van der Waals surface area contributed by atoms with Crippen LogP contribution in [0.4, 0.5) is 17.3 Å². The number of benzene rings is 1. The summed E-state index contributed by atoms with van der Waals surface area (Å²) < 4.78 is 6.15. The fourth-order valence-corrected chi connectivity index (χ4v) is 1.98. The Morgan fingerprint density at radius 1 is 1.25 bits per heavy atom. The molecule has 1 aromatic heterocycles. The van der Waals surface area contributed by atoms with Crippen LogP contribution in [0.1, 0.15) is 13.3 Å². The van der Waals surface area contributed by atoms with Gasteiger partial charge in [-0.15, -0.1) is 0 Å². The largest absolute Gasteiger partial charge is 0.497 e. The Morgan fingerprint density at radius 3 is 2.80 bits per heavy atom. The molecule has 2 rings (SSSR count). The van der Waals surface area contributed by atoms with Crippen LogP contribution < -0.4 is 15.4 Å². The lowest BCUT2D eigenvalue weighted by atomic mass is 10.3. The second-order valence-corrected chi connectivity index (χ2v) is 5.04. The quantitative estimate of drug-likeness (QED) is 0.839. The van der Waals surface area contributed by atoms with E-state index in [1.54, 1.807) is 19.5 Å². The third-order valence-electron chi connectivity index (χ3n) is 2.63. The van der Waals surface area contributed by atoms with Gasteiger partial charge >= 0.3 is 0 Å². The Labute approximate surface area is 126 Å². The van der Waals surface area contributed by atoms with Crippen molar-refractivity contribution in [1.29, 1.82) is 0 Å². The molecule has 0 saturated heterocycles. The molecule has 0 aliphatic carbocycles. The molecule has 20 heavy (non-hydrogen) atoms. The second-order valence-electron chi connectivity index (χ2n) is 4.19. The number of nitrogens with one attached hydrogen (secondary N) is 2. The van der Waals surface area contributed by atoms with Gasteiger partial charge in [0.15, 0.2) is 5.82 Å². The van der Waals surface area contributed by atoms with Crippen LogP contribution in [0.2, 0.25) is 0 Å². The zero-order chi connectivity index (χ0) is 14.4. The lowest BCUT2D eigenvalue weighted by Gasteiger charge is -2.10. The molecule has 0 bridgehead atoms. The average molecular weight is 337 g/mol. The third-order valence-corrected chi connectivity index (χ3v) is 3.32. The molecule has 0 aliphatic heterocycles. The predicted molar refractivity (Wildman–Crippen MR) is 84.8 cm³/mol. The van der Waals surface area contributed by atoms with Crippen LogP contribution in [-0.4, -0.2) is 23.6 Å². The number of hydrogen-bond acceptors (Lipinski definition) is 5. The molecule has 106 valence electrons. The highest BCUT2D eigenvalue weighted by Gasteiger charge is 2.04. The SMILES string of the molecule is CCCNc1cncc(Nc2cc(OC)ccc2Br)n1. The maximum absolute atomic E-state index is 5.22. The van der Waals surface area contributed by atoms with Gasteiger partial charge in [0.2, 0.25) is 0 Å². The summed E-state index contributed by atoms with van der Waals surface area (Å²) in [5.74, 6) is 2.22. The standard InChI is InChI=1S/C14H17BrN4O/c1-3-6-17-13-8-16-9-14(19-13)18-12-7-10(20-2)4-5-11(12)15/h4-5,7-9H,3,6H2,1-2H3,(H2,17,18,19). The van der Waals surface area contributed by atoms with E-state index in [-0.39, 0.29) is 0 Å². The van der Waals surface area contributed by atoms with Crippen molar-refractivity contribution in [2.24, 2.45) is 0 Å². The zero-order valence-corrected chi connectivity index (χ0v) is 13.1. The Bertz CT molecular complexity index is 577.